The summed E-state index contributed by atoms with van der Waals surface area (Å²) in [5.74, 6) is 0.297. The summed E-state index contributed by atoms with van der Waals surface area (Å²) < 4.78 is 32.8. The Morgan fingerprint density at radius 3 is 2.56 bits per heavy atom. The van der Waals surface area contributed by atoms with Crippen molar-refractivity contribution in [3.8, 4) is 5.88 Å². The van der Waals surface area contributed by atoms with Gasteiger partial charge in [0.1, 0.15) is 11.2 Å². The zero-order chi connectivity index (χ0) is 22.1. The first-order valence-corrected chi connectivity index (χ1v) is 13.0. The minimum Gasteiger partial charge on any atom is -0.467 e. The predicted molar refractivity (Wildman–Crippen MR) is 121 cm³/mol. The normalized spacial score (nSPS) is 17.3. The number of aryl methyl sites for hydroxylation is 2. The molecule has 0 bridgehead atoms. The van der Waals surface area contributed by atoms with Gasteiger partial charge in [0.05, 0.1) is 10.3 Å². The van der Waals surface area contributed by atoms with Crippen LogP contribution in [-0.2, 0) is 27.7 Å². The Hall–Kier alpha value is -2.56. The number of thiophene rings is 1. The zero-order valence-electron chi connectivity index (χ0n) is 17.6. The minimum absolute atomic E-state index is 0.123. The van der Waals surface area contributed by atoms with Crippen LogP contribution in [0.3, 0.4) is 0 Å². The number of benzene rings is 1. The Morgan fingerprint density at radius 2 is 1.78 bits per heavy atom. The molecule has 1 fully saturated rings. The van der Waals surface area contributed by atoms with Crippen molar-refractivity contribution in [3.63, 3.8) is 0 Å². The van der Waals surface area contributed by atoms with E-state index in [0.717, 1.165) is 29.5 Å². The van der Waals surface area contributed by atoms with Crippen molar-refractivity contribution in [1.82, 2.24) is 19.2 Å². The van der Waals surface area contributed by atoms with Crippen molar-refractivity contribution in [3.05, 3.63) is 47.1 Å². The molecule has 2 aliphatic rings. The van der Waals surface area contributed by atoms with Gasteiger partial charge >= 0.3 is 0 Å². The van der Waals surface area contributed by atoms with Crippen LogP contribution in [0.5, 0.6) is 5.88 Å². The number of hydrogen-bond donors (Lipinski definition) is 0. The number of carbonyl (C=O) groups is 1. The molecule has 1 amide bonds. The summed E-state index contributed by atoms with van der Waals surface area (Å²) in [6.07, 6.45) is 5.86. The molecule has 5 rings (SSSR count). The average molecular weight is 473 g/mol. The second-order valence-corrected chi connectivity index (χ2v) is 11.0. The molecule has 1 saturated heterocycles. The van der Waals surface area contributed by atoms with Gasteiger partial charge in [0.15, 0.2) is 6.61 Å². The fourth-order valence-electron chi connectivity index (χ4n) is 4.31. The van der Waals surface area contributed by atoms with Gasteiger partial charge < -0.3 is 9.64 Å². The monoisotopic (exact) mass is 472 g/mol. The van der Waals surface area contributed by atoms with E-state index in [1.807, 2.05) is 0 Å². The van der Waals surface area contributed by atoms with Crippen molar-refractivity contribution < 1.29 is 17.9 Å². The lowest BCUT2D eigenvalue weighted by atomic mass is 9.97. The van der Waals surface area contributed by atoms with Crippen molar-refractivity contribution in [2.45, 2.75) is 30.6 Å². The van der Waals surface area contributed by atoms with E-state index in [0.29, 0.717) is 19.0 Å². The zero-order valence-corrected chi connectivity index (χ0v) is 19.2. The van der Waals surface area contributed by atoms with E-state index < -0.39 is 10.0 Å². The number of amides is 1. The van der Waals surface area contributed by atoms with Gasteiger partial charge in [-0.05, 0) is 43.4 Å². The Morgan fingerprint density at radius 1 is 1.03 bits per heavy atom. The first-order chi connectivity index (χ1) is 15.5. The van der Waals surface area contributed by atoms with Gasteiger partial charge in [0, 0.05) is 31.1 Å². The first-order valence-electron chi connectivity index (χ1n) is 10.7. The Kier molecular flexibility index (Phi) is 5.83. The highest BCUT2D eigenvalue weighted by Crippen LogP contribution is 2.38. The van der Waals surface area contributed by atoms with Crippen molar-refractivity contribution in [2.75, 3.05) is 32.8 Å². The summed E-state index contributed by atoms with van der Waals surface area (Å²) >= 11 is 1.69. The van der Waals surface area contributed by atoms with Crippen LogP contribution >= 0.6 is 11.3 Å². The van der Waals surface area contributed by atoms with Crippen LogP contribution in [0.25, 0.3) is 10.2 Å². The number of rotatable bonds is 5. The third-order valence-corrected chi connectivity index (χ3v) is 9.13. The molecule has 1 aliphatic carbocycles. The number of sulfonamides is 1. The summed E-state index contributed by atoms with van der Waals surface area (Å²) in [6.45, 7) is 1.07. The van der Waals surface area contributed by atoms with Crippen molar-refractivity contribution in [1.29, 1.82) is 0 Å². The molecule has 168 valence electrons. The number of carbonyl (C=O) groups excluding carboxylic acids is 1. The molecule has 3 heterocycles. The van der Waals surface area contributed by atoms with Gasteiger partial charge in [-0.15, -0.1) is 11.3 Å². The number of ether oxygens (including phenoxy) is 1. The summed E-state index contributed by atoms with van der Waals surface area (Å²) in [4.78, 5) is 25.6. The largest absolute Gasteiger partial charge is 0.467 e. The van der Waals surface area contributed by atoms with E-state index in [2.05, 4.69) is 9.97 Å². The predicted octanol–water partition coefficient (Wildman–Crippen LogP) is 2.48. The molecule has 0 unspecified atom stereocenters. The molecule has 1 aliphatic heterocycles. The van der Waals surface area contributed by atoms with Gasteiger partial charge in [-0.2, -0.15) is 4.31 Å². The number of aromatic nitrogens is 2. The highest BCUT2D eigenvalue weighted by molar-refractivity contribution is 7.89. The summed E-state index contributed by atoms with van der Waals surface area (Å²) in [5.41, 5.74) is 1.26. The molecular formula is C22H24N4O4S2. The molecule has 32 heavy (non-hydrogen) atoms. The lowest BCUT2D eigenvalue weighted by Crippen LogP contribution is -2.51. The highest BCUT2D eigenvalue weighted by Gasteiger charge is 2.30. The standard InChI is InChI=1S/C22H24N4O4S2/c27-19(25-10-12-26(13-11-25)32(28,29)16-6-2-1-3-7-16)14-30-21-20-17-8-4-5-9-18(17)31-22(20)24-15-23-21/h1-3,6-7,15H,4-5,8-14H2. The second kappa shape index (κ2) is 8.76. The Bertz CT molecular complexity index is 1240. The fourth-order valence-corrected chi connectivity index (χ4v) is 6.97. The number of nitrogens with zero attached hydrogens (tertiary/aromatic N) is 4. The third-order valence-electron chi connectivity index (χ3n) is 6.02. The van der Waals surface area contributed by atoms with Gasteiger partial charge in [0.2, 0.25) is 15.9 Å². The van der Waals surface area contributed by atoms with Crippen LogP contribution in [0.15, 0.2) is 41.6 Å². The summed E-state index contributed by atoms with van der Waals surface area (Å²) in [5, 5.41) is 0.943. The van der Waals surface area contributed by atoms with Crippen LogP contribution in [-0.4, -0.2) is 66.3 Å². The second-order valence-electron chi connectivity index (χ2n) is 7.96. The van der Waals surface area contributed by atoms with Crippen LogP contribution in [0, 0.1) is 0 Å². The quantitative estimate of drug-likeness (QED) is 0.567. The maximum atomic E-state index is 12.8. The smallest absolute Gasteiger partial charge is 0.260 e. The maximum absolute atomic E-state index is 12.8. The molecule has 1 aromatic carbocycles. The van der Waals surface area contributed by atoms with Crippen molar-refractivity contribution >= 4 is 37.5 Å². The molecule has 0 atom stereocenters. The van der Waals surface area contributed by atoms with E-state index in [9.17, 15) is 13.2 Å². The number of fused-ring (bicyclic) bond motifs is 3. The van der Waals surface area contributed by atoms with E-state index in [1.54, 1.807) is 46.6 Å². The highest BCUT2D eigenvalue weighted by atomic mass is 32.2. The van der Waals surface area contributed by atoms with Crippen LogP contribution in [0.4, 0.5) is 0 Å². The van der Waals surface area contributed by atoms with Crippen LogP contribution in [0.2, 0.25) is 0 Å². The van der Waals surface area contributed by atoms with Crippen LogP contribution < -0.4 is 4.74 Å². The Labute approximate surface area is 190 Å². The summed E-state index contributed by atoms with van der Waals surface area (Å²) in [7, 11) is -3.54. The van der Waals surface area contributed by atoms with E-state index >= 15 is 0 Å². The molecule has 10 heteroatoms. The van der Waals surface area contributed by atoms with Gasteiger partial charge in [0.25, 0.3) is 5.91 Å². The Balaban J connectivity index is 1.22. The molecule has 0 N–H and O–H groups in total. The lowest BCUT2D eigenvalue weighted by molar-refractivity contribution is -0.134. The molecule has 0 spiro atoms. The van der Waals surface area contributed by atoms with E-state index in [1.165, 1.54) is 27.5 Å². The number of piperazine rings is 1. The van der Waals surface area contributed by atoms with Gasteiger partial charge in [-0.1, -0.05) is 18.2 Å². The van der Waals surface area contributed by atoms with Gasteiger partial charge in [-0.3, -0.25) is 4.79 Å². The third kappa shape index (κ3) is 3.98. The topological polar surface area (TPSA) is 92.7 Å². The SMILES string of the molecule is O=C(COc1ncnc2sc3c(c12)CCCC3)N1CCN(S(=O)(=O)c2ccccc2)CC1. The summed E-state index contributed by atoms with van der Waals surface area (Å²) in [6, 6.07) is 8.38. The first kappa shape index (κ1) is 21.3. The molecule has 0 radical (unpaired) electrons. The molecule has 0 saturated carbocycles. The van der Waals surface area contributed by atoms with Gasteiger partial charge in [-0.25, -0.2) is 18.4 Å². The molecule has 3 aromatic rings. The van der Waals surface area contributed by atoms with E-state index in [-0.39, 0.29) is 30.5 Å². The maximum Gasteiger partial charge on any atom is 0.260 e. The average Bonchev–Trinajstić information content (AvgIpc) is 3.22. The fraction of sp³-hybridized carbons (Fsp3) is 0.409. The lowest BCUT2D eigenvalue weighted by Gasteiger charge is -2.33. The molecular weight excluding hydrogens is 448 g/mol. The van der Waals surface area contributed by atoms with Crippen LogP contribution in [0.1, 0.15) is 23.3 Å². The van der Waals surface area contributed by atoms with Crippen molar-refractivity contribution in [2.24, 2.45) is 0 Å². The molecule has 8 nitrogen and oxygen atoms in total. The number of hydrogen-bond acceptors (Lipinski definition) is 7. The van der Waals surface area contributed by atoms with E-state index in [4.69, 9.17) is 4.74 Å². The molecule has 2 aromatic heterocycles. The minimum atomic E-state index is -3.54.